The molecule has 0 unspecified atom stereocenters. The van der Waals surface area contributed by atoms with Gasteiger partial charge in [-0.2, -0.15) is 0 Å². The largest absolute Gasteiger partial charge is 0.366 e. The number of nitrogens with zero attached hydrogens (tertiary/aromatic N) is 4. The van der Waals surface area contributed by atoms with Crippen LogP contribution in [0.1, 0.15) is 0 Å². The molecule has 2 heterocycles. The van der Waals surface area contributed by atoms with Gasteiger partial charge in [0.15, 0.2) is 5.82 Å². The number of rotatable bonds is 1. The molecule has 6 nitrogen and oxygen atoms in total. The summed E-state index contributed by atoms with van der Waals surface area (Å²) in [5.41, 5.74) is 7.32. The second-order valence-electron chi connectivity index (χ2n) is 3.63. The SMILES string of the molecule is Nc1nnc(-c2ccnc3ccccc23)n1N. The van der Waals surface area contributed by atoms with E-state index in [-0.39, 0.29) is 5.95 Å². The Morgan fingerprint density at radius 3 is 2.65 bits per heavy atom. The molecule has 1 aromatic carbocycles. The van der Waals surface area contributed by atoms with Gasteiger partial charge in [-0.3, -0.25) is 4.98 Å². The predicted molar refractivity (Wildman–Crippen MR) is 65.3 cm³/mol. The van der Waals surface area contributed by atoms with E-state index in [0.717, 1.165) is 16.5 Å². The van der Waals surface area contributed by atoms with Crippen molar-refractivity contribution in [1.82, 2.24) is 19.9 Å². The first-order chi connectivity index (χ1) is 8.27. The Labute approximate surface area is 96.9 Å². The molecule has 0 spiro atoms. The number of nitrogen functional groups attached to an aromatic ring is 2. The Morgan fingerprint density at radius 1 is 1.06 bits per heavy atom. The molecule has 0 saturated carbocycles. The fourth-order valence-electron chi connectivity index (χ4n) is 1.78. The van der Waals surface area contributed by atoms with Gasteiger partial charge in [0.2, 0.25) is 5.95 Å². The topological polar surface area (TPSA) is 95.6 Å². The second kappa shape index (κ2) is 3.44. The molecule has 3 aromatic rings. The standard InChI is InChI=1S/C11H10N6/c12-11-16-15-10(17(11)13)8-5-6-14-9-4-2-1-3-7(8)9/h1-6H,13H2,(H2,12,16). The average Bonchev–Trinajstić information content (AvgIpc) is 2.69. The van der Waals surface area contributed by atoms with Crippen LogP contribution in [0.5, 0.6) is 0 Å². The number of pyridine rings is 1. The van der Waals surface area contributed by atoms with Crippen molar-refractivity contribution in [3.8, 4) is 11.4 Å². The quantitative estimate of drug-likeness (QED) is 0.598. The summed E-state index contributed by atoms with van der Waals surface area (Å²) in [4.78, 5) is 4.27. The summed E-state index contributed by atoms with van der Waals surface area (Å²) >= 11 is 0. The van der Waals surface area contributed by atoms with Crippen molar-refractivity contribution in [3.63, 3.8) is 0 Å². The molecule has 0 saturated heterocycles. The van der Waals surface area contributed by atoms with Crippen LogP contribution in [0, 0.1) is 0 Å². The monoisotopic (exact) mass is 226 g/mol. The van der Waals surface area contributed by atoms with Gasteiger partial charge in [0, 0.05) is 17.1 Å². The smallest absolute Gasteiger partial charge is 0.241 e. The summed E-state index contributed by atoms with van der Waals surface area (Å²) in [5, 5.41) is 8.68. The molecule has 0 amide bonds. The van der Waals surface area contributed by atoms with Crippen LogP contribution in [0.4, 0.5) is 5.95 Å². The maximum Gasteiger partial charge on any atom is 0.241 e. The number of hydrogen-bond donors (Lipinski definition) is 2. The summed E-state index contributed by atoms with van der Waals surface area (Å²) in [5.74, 6) is 6.48. The third-order valence-corrected chi connectivity index (χ3v) is 2.61. The van der Waals surface area contributed by atoms with Gasteiger partial charge in [-0.1, -0.05) is 18.2 Å². The van der Waals surface area contributed by atoms with Crippen molar-refractivity contribution < 1.29 is 0 Å². The van der Waals surface area contributed by atoms with Crippen LogP contribution >= 0.6 is 0 Å². The minimum atomic E-state index is 0.181. The lowest BCUT2D eigenvalue weighted by atomic mass is 10.1. The van der Waals surface area contributed by atoms with Crippen LogP contribution < -0.4 is 11.6 Å². The molecule has 84 valence electrons. The number of anilines is 1. The summed E-state index contributed by atoms with van der Waals surface area (Å²) in [6.07, 6.45) is 1.71. The van der Waals surface area contributed by atoms with Crippen LogP contribution in [0.25, 0.3) is 22.3 Å². The highest BCUT2D eigenvalue weighted by Gasteiger charge is 2.12. The fourth-order valence-corrected chi connectivity index (χ4v) is 1.78. The van der Waals surface area contributed by atoms with Gasteiger partial charge in [-0.15, -0.1) is 10.2 Å². The highest BCUT2D eigenvalue weighted by molar-refractivity contribution is 5.92. The molecule has 3 rings (SSSR count). The van der Waals surface area contributed by atoms with Crippen molar-refractivity contribution in [1.29, 1.82) is 0 Å². The Bertz CT molecular complexity index is 682. The van der Waals surface area contributed by atoms with Crippen LogP contribution in [0.3, 0.4) is 0 Å². The summed E-state index contributed by atoms with van der Waals surface area (Å²) in [6, 6.07) is 9.60. The number of nitrogens with two attached hydrogens (primary N) is 2. The molecule has 0 aliphatic heterocycles. The molecule has 0 bridgehead atoms. The highest BCUT2D eigenvalue weighted by atomic mass is 15.4. The van der Waals surface area contributed by atoms with E-state index < -0.39 is 0 Å². The maximum atomic E-state index is 5.77. The molecular weight excluding hydrogens is 216 g/mol. The van der Waals surface area contributed by atoms with E-state index in [2.05, 4.69) is 15.2 Å². The molecule has 6 heteroatoms. The highest BCUT2D eigenvalue weighted by Crippen LogP contribution is 2.25. The molecule has 0 atom stereocenters. The minimum absolute atomic E-state index is 0.181. The average molecular weight is 226 g/mol. The van der Waals surface area contributed by atoms with Crippen LogP contribution in [-0.2, 0) is 0 Å². The van der Waals surface area contributed by atoms with Gasteiger partial charge in [0.25, 0.3) is 0 Å². The first-order valence-electron chi connectivity index (χ1n) is 5.07. The van der Waals surface area contributed by atoms with E-state index >= 15 is 0 Å². The number of fused-ring (bicyclic) bond motifs is 1. The Balaban J connectivity index is 2.34. The summed E-state index contributed by atoms with van der Waals surface area (Å²) in [6.45, 7) is 0. The third-order valence-electron chi connectivity index (χ3n) is 2.61. The molecule has 17 heavy (non-hydrogen) atoms. The molecule has 0 fully saturated rings. The zero-order valence-electron chi connectivity index (χ0n) is 8.91. The van der Waals surface area contributed by atoms with E-state index in [1.165, 1.54) is 4.68 Å². The molecule has 0 aliphatic rings. The van der Waals surface area contributed by atoms with E-state index in [9.17, 15) is 0 Å². The van der Waals surface area contributed by atoms with Crippen LogP contribution in [0.15, 0.2) is 36.5 Å². The Morgan fingerprint density at radius 2 is 1.88 bits per heavy atom. The van der Waals surface area contributed by atoms with Gasteiger partial charge in [-0.05, 0) is 12.1 Å². The normalized spacial score (nSPS) is 10.8. The number of aromatic nitrogens is 4. The van der Waals surface area contributed by atoms with E-state index in [4.69, 9.17) is 11.6 Å². The Kier molecular flexibility index (Phi) is 1.94. The van der Waals surface area contributed by atoms with Gasteiger partial charge in [0.05, 0.1) is 5.52 Å². The lowest BCUT2D eigenvalue weighted by Crippen LogP contribution is -2.13. The molecule has 0 aliphatic carbocycles. The van der Waals surface area contributed by atoms with E-state index in [1.54, 1.807) is 6.20 Å². The first kappa shape index (κ1) is 9.59. The zero-order chi connectivity index (χ0) is 11.8. The summed E-state index contributed by atoms with van der Waals surface area (Å²) < 4.78 is 1.27. The second-order valence-corrected chi connectivity index (χ2v) is 3.63. The van der Waals surface area contributed by atoms with Crippen molar-refractivity contribution >= 4 is 16.9 Å². The van der Waals surface area contributed by atoms with Gasteiger partial charge in [-0.25, -0.2) is 4.68 Å². The zero-order valence-corrected chi connectivity index (χ0v) is 8.91. The first-order valence-corrected chi connectivity index (χ1v) is 5.07. The van der Waals surface area contributed by atoms with E-state index in [1.807, 2.05) is 30.3 Å². The maximum absolute atomic E-state index is 5.77. The Hall–Kier alpha value is -2.63. The van der Waals surface area contributed by atoms with Gasteiger partial charge in [0.1, 0.15) is 0 Å². The van der Waals surface area contributed by atoms with Crippen LogP contribution in [-0.4, -0.2) is 19.9 Å². The van der Waals surface area contributed by atoms with Crippen molar-refractivity contribution in [2.75, 3.05) is 11.6 Å². The third kappa shape index (κ3) is 1.38. The number of hydrogen-bond acceptors (Lipinski definition) is 5. The molecule has 0 radical (unpaired) electrons. The molecule has 2 aromatic heterocycles. The number of benzene rings is 1. The molecular formula is C11H10N6. The number of para-hydroxylation sites is 1. The minimum Gasteiger partial charge on any atom is -0.366 e. The molecule has 4 N–H and O–H groups in total. The lowest BCUT2D eigenvalue weighted by molar-refractivity contribution is 1.02. The van der Waals surface area contributed by atoms with Crippen molar-refractivity contribution in [3.05, 3.63) is 36.5 Å². The fraction of sp³-hybridized carbons (Fsp3) is 0. The van der Waals surface area contributed by atoms with Crippen LogP contribution in [0.2, 0.25) is 0 Å². The van der Waals surface area contributed by atoms with E-state index in [0.29, 0.717) is 5.82 Å². The predicted octanol–water partition coefficient (Wildman–Crippen LogP) is 0.789. The van der Waals surface area contributed by atoms with Crippen molar-refractivity contribution in [2.24, 2.45) is 0 Å². The van der Waals surface area contributed by atoms with Crippen molar-refractivity contribution in [2.45, 2.75) is 0 Å². The lowest BCUT2D eigenvalue weighted by Gasteiger charge is -2.04. The van der Waals surface area contributed by atoms with Gasteiger partial charge >= 0.3 is 0 Å². The van der Waals surface area contributed by atoms with Gasteiger partial charge < -0.3 is 11.6 Å². The summed E-state index contributed by atoms with van der Waals surface area (Å²) in [7, 11) is 0.